The van der Waals surface area contributed by atoms with Crippen molar-refractivity contribution in [3.8, 4) is 24.3 Å². The predicted octanol–water partition coefficient (Wildman–Crippen LogP) is 1.24. The Balaban J connectivity index is 2.01. The molecule has 0 aromatic carbocycles. The highest BCUT2D eigenvalue weighted by Crippen LogP contribution is 2.23. The number of rotatable bonds is 2. The second-order valence-corrected chi connectivity index (χ2v) is 4.75. The minimum atomic E-state index is 0.00672. The van der Waals surface area contributed by atoms with Crippen molar-refractivity contribution in [3.05, 3.63) is 40.5 Å². The maximum atomic E-state index is 8.98. The Morgan fingerprint density at radius 1 is 0.833 bits per heavy atom. The second kappa shape index (κ2) is 5.88. The van der Waals surface area contributed by atoms with Crippen LogP contribution >= 0.6 is 0 Å². The Morgan fingerprint density at radius 2 is 1.42 bits per heavy atom. The Bertz CT molecular complexity index is 988. The number of nitrogens with one attached hydrogen (secondary N) is 2. The molecule has 0 atom stereocenters. The van der Waals surface area contributed by atoms with Crippen molar-refractivity contribution in [2.24, 2.45) is 4.99 Å². The summed E-state index contributed by atoms with van der Waals surface area (Å²) in [6.45, 7) is 0. The lowest BCUT2D eigenvalue weighted by Crippen LogP contribution is -2.07. The van der Waals surface area contributed by atoms with Crippen LogP contribution < -0.4 is 0 Å². The van der Waals surface area contributed by atoms with E-state index in [1.807, 2.05) is 30.4 Å². The van der Waals surface area contributed by atoms with Crippen molar-refractivity contribution in [1.82, 2.24) is 19.9 Å². The van der Waals surface area contributed by atoms with Gasteiger partial charge in [0.05, 0.1) is 5.71 Å². The number of aromatic nitrogens is 4. The molecule has 0 bridgehead atoms. The van der Waals surface area contributed by atoms with Gasteiger partial charge in [0.2, 0.25) is 0 Å². The zero-order valence-corrected chi connectivity index (χ0v) is 12.1. The van der Waals surface area contributed by atoms with Crippen LogP contribution in [0.15, 0.2) is 11.1 Å². The van der Waals surface area contributed by atoms with Gasteiger partial charge in [0.15, 0.2) is 34.4 Å². The number of hydrogen-bond acceptors (Lipinski definition) is 7. The summed E-state index contributed by atoms with van der Waals surface area (Å²) in [6, 6.07) is 7.44. The highest BCUT2D eigenvalue weighted by molar-refractivity contribution is 6.01. The van der Waals surface area contributed by atoms with Crippen LogP contribution in [-0.4, -0.2) is 25.6 Å². The molecule has 24 heavy (non-hydrogen) atoms. The number of nitriles is 4. The molecule has 1 aliphatic rings. The first-order chi connectivity index (χ1) is 11.7. The fraction of sp³-hybridized carbons (Fsp3) is 0.133. The van der Waals surface area contributed by atoms with Gasteiger partial charge in [-0.1, -0.05) is 6.08 Å². The molecular weight excluding hydrogens is 306 g/mol. The minimum absolute atomic E-state index is 0.00672. The third-order valence-electron chi connectivity index (χ3n) is 3.33. The highest BCUT2D eigenvalue weighted by Gasteiger charge is 2.19. The molecule has 2 aromatic heterocycles. The van der Waals surface area contributed by atoms with Gasteiger partial charge in [0.1, 0.15) is 30.0 Å². The molecule has 9 nitrogen and oxygen atoms in total. The number of aromatic amines is 2. The van der Waals surface area contributed by atoms with Crippen LogP contribution in [0.5, 0.6) is 0 Å². The van der Waals surface area contributed by atoms with E-state index in [1.165, 1.54) is 0 Å². The quantitative estimate of drug-likeness (QED) is 0.846. The molecule has 0 spiro atoms. The number of H-pyrrole nitrogens is 2. The first-order valence-electron chi connectivity index (χ1n) is 6.79. The third kappa shape index (κ3) is 2.39. The largest absolute Gasteiger partial charge is 0.328 e. The second-order valence-electron chi connectivity index (χ2n) is 4.75. The SMILES string of the molecule is N#Cc1nc(C2=CCCC(c3nc(C#N)c(C#N)[nH]3)=N2)[nH]c1C#N. The van der Waals surface area contributed by atoms with E-state index >= 15 is 0 Å². The number of nitrogens with zero attached hydrogens (tertiary/aromatic N) is 7. The molecule has 0 unspecified atom stereocenters. The van der Waals surface area contributed by atoms with Gasteiger partial charge in [0.25, 0.3) is 0 Å². The molecule has 2 aromatic rings. The van der Waals surface area contributed by atoms with Crippen molar-refractivity contribution in [2.75, 3.05) is 0 Å². The third-order valence-corrected chi connectivity index (χ3v) is 3.33. The van der Waals surface area contributed by atoms with Crippen LogP contribution in [0.2, 0.25) is 0 Å². The van der Waals surface area contributed by atoms with Crippen LogP contribution in [0.3, 0.4) is 0 Å². The average molecular weight is 313 g/mol. The zero-order valence-electron chi connectivity index (χ0n) is 12.1. The van der Waals surface area contributed by atoms with Crippen LogP contribution in [0.1, 0.15) is 47.3 Å². The maximum Gasteiger partial charge on any atom is 0.177 e. The Morgan fingerprint density at radius 3 is 1.96 bits per heavy atom. The lowest BCUT2D eigenvalue weighted by molar-refractivity contribution is 1.03. The van der Waals surface area contributed by atoms with E-state index < -0.39 is 0 Å². The molecule has 3 heterocycles. The zero-order chi connectivity index (χ0) is 17.1. The van der Waals surface area contributed by atoms with Gasteiger partial charge in [-0.05, 0) is 12.8 Å². The molecule has 0 saturated carbocycles. The summed E-state index contributed by atoms with van der Waals surface area (Å²) < 4.78 is 0. The lowest BCUT2D eigenvalue weighted by atomic mass is 10.1. The van der Waals surface area contributed by atoms with Crippen LogP contribution in [0.4, 0.5) is 0 Å². The van der Waals surface area contributed by atoms with Crippen molar-refractivity contribution >= 4 is 11.4 Å². The van der Waals surface area contributed by atoms with Gasteiger partial charge in [-0.2, -0.15) is 21.0 Å². The number of hydrogen-bond donors (Lipinski definition) is 2. The van der Waals surface area contributed by atoms with E-state index in [1.54, 1.807) is 0 Å². The first kappa shape index (κ1) is 14.7. The van der Waals surface area contributed by atoms with Crippen LogP contribution in [0, 0.1) is 45.3 Å². The summed E-state index contributed by atoms with van der Waals surface area (Å²) in [5.74, 6) is 0.661. The van der Waals surface area contributed by atoms with Crippen molar-refractivity contribution in [1.29, 1.82) is 21.0 Å². The van der Waals surface area contributed by atoms with Gasteiger partial charge in [-0.25, -0.2) is 15.0 Å². The molecule has 0 amide bonds. The van der Waals surface area contributed by atoms with E-state index in [0.29, 0.717) is 35.9 Å². The average Bonchev–Trinajstić information content (AvgIpc) is 3.25. The summed E-state index contributed by atoms with van der Waals surface area (Å²) in [5.41, 5.74) is 1.23. The fourth-order valence-electron chi connectivity index (χ4n) is 2.24. The normalized spacial score (nSPS) is 13.0. The van der Waals surface area contributed by atoms with Crippen molar-refractivity contribution < 1.29 is 0 Å². The summed E-state index contributed by atoms with van der Waals surface area (Å²) in [6.07, 6.45) is 3.04. The molecule has 9 heteroatoms. The Labute approximate surface area is 135 Å². The fourth-order valence-corrected chi connectivity index (χ4v) is 2.24. The number of allylic oxidation sites excluding steroid dienone is 1. The molecule has 0 aliphatic carbocycles. The number of aliphatic imine (C=N–C) groups is 1. The van der Waals surface area contributed by atoms with E-state index in [2.05, 4.69) is 24.9 Å². The van der Waals surface area contributed by atoms with Crippen molar-refractivity contribution in [2.45, 2.75) is 12.8 Å². The van der Waals surface area contributed by atoms with Gasteiger partial charge in [-0.15, -0.1) is 0 Å². The highest BCUT2D eigenvalue weighted by atomic mass is 15.0. The molecule has 0 radical (unpaired) electrons. The topological polar surface area (TPSA) is 165 Å². The summed E-state index contributed by atoms with van der Waals surface area (Å²) in [4.78, 5) is 18.1. The molecule has 2 N–H and O–H groups in total. The predicted molar refractivity (Wildman–Crippen MR) is 79.8 cm³/mol. The first-order valence-corrected chi connectivity index (χ1v) is 6.79. The van der Waals surface area contributed by atoms with Crippen LogP contribution in [0.25, 0.3) is 5.70 Å². The van der Waals surface area contributed by atoms with Gasteiger partial charge in [-0.3, -0.25) is 0 Å². The molecule has 3 rings (SSSR count). The van der Waals surface area contributed by atoms with E-state index in [0.717, 1.165) is 0 Å². The van der Waals surface area contributed by atoms with E-state index in [-0.39, 0.29) is 22.8 Å². The van der Waals surface area contributed by atoms with E-state index in [4.69, 9.17) is 21.0 Å². The standard InChI is InChI=1S/C15H7N9/c16-4-10-11(5-17)22-14(21-10)8-2-1-3-9(20-8)15-23-12(6-18)13(7-19)24-15/h2H,1,3H2,(H,21,22)(H,23,24). The molecule has 0 saturated heterocycles. The molecule has 0 fully saturated rings. The molecule has 112 valence electrons. The van der Waals surface area contributed by atoms with Gasteiger partial charge in [0, 0.05) is 0 Å². The van der Waals surface area contributed by atoms with Crippen molar-refractivity contribution in [3.63, 3.8) is 0 Å². The number of imidazole rings is 2. The monoisotopic (exact) mass is 313 g/mol. The van der Waals surface area contributed by atoms with Crippen LogP contribution in [-0.2, 0) is 0 Å². The molecular formula is C15H7N9. The smallest absolute Gasteiger partial charge is 0.177 e. The van der Waals surface area contributed by atoms with Gasteiger partial charge < -0.3 is 9.97 Å². The minimum Gasteiger partial charge on any atom is -0.328 e. The summed E-state index contributed by atoms with van der Waals surface area (Å²) >= 11 is 0. The summed E-state index contributed by atoms with van der Waals surface area (Å²) in [7, 11) is 0. The summed E-state index contributed by atoms with van der Waals surface area (Å²) in [5, 5.41) is 35.9. The van der Waals surface area contributed by atoms with E-state index in [9.17, 15) is 0 Å². The maximum absolute atomic E-state index is 8.98. The Hall–Kier alpha value is -4.21. The van der Waals surface area contributed by atoms with Gasteiger partial charge >= 0.3 is 0 Å². The lowest BCUT2D eigenvalue weighted by Gasteiger charge is -2.09. The molecule has 1 aliphatic heterocycles. The Kier molecular flexibility index (Phi) is 3.61.